The number of aldehydes is 1. The third-order valence-electron chi connectivity index (χ3n) is 2.89. The van der Waals surface area contributed by atoms with E-state index >= 15 is 0 Å². The Morgan fingerprint density at radius 3 is 2.67 bits per heavy atom. The quantitative estimate of drug-likeness (QED) is 0.669. The minimum Gasteiger partial charge on any atom is -0.486 e. The van der Waals surface area contributed by atoms with Crippen LogP contribution in [0.3, 0.4) is 0 Å². The number of halogens is 1. The molecule has 1 aromatic rings. The van der Waals surface area contributed by atoms with Crippen LogP contribution in [0.2, 0.25) is 0 Å². The third-order valence-corrected chi connectivity index (χ3v) is 3.55. The molecular formula is C13H16BrNO3. The summed E-state index contributed by atoms with van der Waals surface area (Å²) in [5, 5.41) is 0. The minimum atomic E-state index is 0.479. The smallest absolute Gasteiger partial charge is 0.173 e. The Morgan fingerprint density at radius 2 is 2.00 bits per heavy atom. The average molecular weight is 314 g/mol. The Balaban J connectivity index is 2.34. The van der Waals surface area contributed by atoms with E-state index in [4.69, 9.17) is 15.2 Å². The highest BCUT2D eigenvalue weighted by Gasteiger charge is 2.22. The third kappa shape index (κ3) is 2.67. The first kappa shape index (κ1) is 13.4. The molecule has 4 nitrogen and oxygen atoms in total. The molecule has 2 N–H and O–H groups in total. The summed E-state index contributed by atoms with van der Waals surface area (Å²) in [4.78, 5) is 11.1. The number of rotatable bonds is 5. The second-order valence-electron chi connectivity index (χ2n) is 4.15. The Bertz CT molecular complexity index is 448. The topological polar surface area (TPSA) is 61.6 Å². The molecule has 0 spiro atoms. The van der Waals surface area contributed by atoms with Crippen molar-refractivity contribution in [2.24, 2.45) is 5.73 Å². The fraction of sp³-hybridized carbons (Fsp3) is 0.462. The molecular weight excluding hydrogens is 298 g/mol. The molecule has 0 atom stereocenters. The van der Waals surface area contributed by atoms with Crippen molar-refractivity contribution in [1.82, 2.24) is 0 Å². The summed E-state index contributed by atoms with van der Waals surface area (Å²) in [7, 11) is 0. The lowest BCUT2D eigenvalue weighted by atomic mass is 10.0. The van der Waals surface area contributed by atoms with Crippen molar-refractivity contribution in [3.05, 3.63) is 21.7 Å². The molecule has 0 amide bonds. The number of carbonyl (C=O) groups is 1. The van der Waals surface area contributed by atoms with Gasteiger partial charge in [0.25, 0.3) is 0 Å². The van der Waals surface area contributed by atoms with E-state index in [0.717, 1.165) is 35.6 Å². The van der Waals surface area contributed by atoms with E-state index in [-0.39, 0.29) is 0 Å². The number of benzene rings is 1. The van der Waals surface area contributed by atoms with Gasteiger partial charge in [0.2, 0.25) is 0 Å². The van der Waals surface area contributed by atoms with Crippen LogP contribution in [0.25, 0.3) is 0 Å². The van der Waals surface area contributed by atoms with Crippen molar-refractivity contribution in [3.63, 3.8) is 0 Å². The Labute approximate surface area is 115 Å². The maximum absolute atomic E-state index is 11.1. The standard InChI is InChI=1S/C13H16BrNO3/c14-11-7-9(3-1-2-4-15)12-13(10(11)8-16)18-6-5-17-12/h7-8H,1-6,15H2. The van der Waals surface area contributed by atoms with E-state index in [1.165, 1.54) is 0 Å². The van der Waals surface area contributed by atoms with E-state index in [0.29, 0.717) is 36.8 Å². The fourth-order valence-corrected chi connectivity index (χ4v) is 2.57. The minimum absolute atomic E-state index is 0.479. The maximum Gasteiger partial charge on any atom is 0.173 e. The van der Waals surface area contributed by atoms with Crippen LogP contribution in [0.1, 0.15) is 28.8 Å². The zero-order valence-corrected chi connectivity index (χ0v) is 11.7. The van der Waals surface area contributed by atoms with Gasteiger partial charge in [-0.15, -0.1) is 0 Å². The summed E-state index contributed by atoms with van der Waals surface area (Å²) >= 11 is 3.40. The fourth-order valence-electron chi connectivity index (χ4n) is 2.02. The van der Waals surface area contributed by atoms with E-state index in [1.807, 2.05) is 6.07 Å². The molecule has 0 fully saturated rings. The van der Waals surface area contributed by atoms with E-state index in [9.17, 15) is 4.79 Å². The summed E-state index contributed by atoms with van der Waals surface area (Å²) in [5.41, 5.74) is 7.08. The zero-order valence-electron chi connectivity index (χ0n) is 10.1. The van der Waals surface area contributed by atoms with E-state index in [2.05, 4.69) is 15.9 Å². The Hall–Kier alpha value is -1.07. The first-order valence-corrected chi connectivity index (χ1v) is 6.83. The lowest BCUT2D eigenvalue weighted by Gasteiger charge is -2.23. The summed E-state index contributed by atoms with van der Waals surface area (Å²) in [5.74, 6) is 1.27. The van der Waals surface area contributed by atoms with Crippen LogP contribution in [-0.2, 0) is 6.42 Å². The van der Waals surface area contributed by atoms with Gasteiger partial charge < -0.3 is 15.2 Å². The molecule has 1 heterocycles. The van der Waals surface area contributed by atoms with Crippen LogP contribution in [0.5, 0.6) is 11.5 Å². The van der Waals surface area contributed by atoms with Gasteiger partial charge in [-0.3, -0.25) is 4.79 Å². The summed E-state index contributed by atoms with van der Waals surface area (Å²) in [6.45, 7) is 1.69. The maximum atomic E-state index is 11.1. The molecule has 0 aliphatic carbocycles. The monoisotopic (exact) mass is 313 g/mol. The van der Waals surface area contributed by atoms with Crippen molar-refractivity contribution in [2.45, 2.75) is 19.3 Å². The number of ether oxygens (including phenoxy) is 2. The molecule has 2 rings (SSSR count). The summed E-state index contributed by atoms with van der Waals surface area (Å²) in [6.07, 6.45) is 3.64. The Morgan fingerprint density at radius 1 is 1.28 bits per heavy atom. The molecule has 1 aromatic carbocycles. The number of unbranched alkanes of at least 4 members (excludes halogenated alkanes) is 1. The van der Waals surface area contributed by atoms with Gasteiger partial charge in [0.05, 0.1) is 5.56 Å². The number of fused-ring (bicyclic) bond motifs is 1. The predicted octanol–water partition coefficient (Wildman–Crippen LogP) is 2.31. The number of carbonyl (C=O) groups excluding carboxylic acids is 1. The van der Waals surface area contributed by atoms with Crippen molar-refractivity contribution in [3.8, 4) is 11.5 Å². The normalized spacial score (nSPS) is 13.4. The van der Waals surface area contributed by atoms with Gasteiger partial charge in [-0.25, -0.2) is 0 Å². The molecule has 0 radical (unpaired) electrons. The largest absolute Gasteiger partial charge is 0.486 e. The SMILES string of the molecule is NCCCCc1cc(Br)c(C=O)c2c1OCCO2. The summed E-state index contributed by atoms with van der Waals surface area (Å²) in [6, 6.07) is 1.94. The van der Waals surface area contributed by atoms with Gasteiger partial charge in [-0.05, 0) is 53.4 Å². The number of hydrogen-bond acceptors (Lipinski definition) is 4. The second kappa shape index (κ2) is 6.20. The van der Waals surface area contributed by atoms with Crippen LogP contribution in [-0.4, -0.2) is 26.0 Å². The highest BCUT2D eigenvalue weighted by molar-refractivity contribution is 9.10. The number of aryl methyl sites for hydroxylation is 1. The van der Waals surface area contributed by atoms with Crippen molar-refractivity contribution in [1.29, 1.82) is 0 Å². The van der Waals surface area contributed by atoms with Crippen LogP contribution in [0.15, 0.2) is 10.5 Å². The van der Waals surface area contributed by atoms with Gasteiger partial charge in [0.15, 0.2) is 17.8 Å². The predicted molar refractivity (Wildman–Crippen MR) is 72.5 cm³/mol. The zero-order chi connectivity index (χ0) is 13.0. The van der Waals surface area contributed by atoms with E-state index < -0.39 is 0 Å². The molecule has 0 bridgehead atoms. The van der Waals surface area contributed by atoms with Gasteiger partial charge in [-0.1, -0.05) is 0 Å². The van der Waals surface area contributed by atoms with Crippen LogP contribution >= 0.6 is 15.9 Å². The van der Waals surface area contributed by atoms with Gasteiger partial charge >= 0.3 is 0 Å². The van der Waals surface area contributed by atoms with Gasteiger partial charge in [0, 0.05) is 4.47 Å². The number of nitrogens with two attached hydrogens (primary N) is 1. The van der Waals surface area contributed by atoms with Gasteiger partial charge in [0.1, 0.15) is 13.2 Å². The van der Waals surface area contributed by atoms with E-state index in [1.54, 1.807) is 0 Å². The lowest BCUT2D eigenvalue weighted by molar-refractivity contribution is 0.111. The average Bonchev–Trinajstić information content (AvgIpc) is 2.39. The molecule has 1 aliphatic rings. The summed E-state index contributed by atoms with van der Waals surface area (Å²) < 4.78 is 12.0. The highest BCUT2D eigenvalue weighted by Crippen LogP contribution is 2.41. The first-order valence-electron chi connectivity index (χ1n) is 6.04. The molecule has 0 saturated carbocycles. The highest BCUT2D eigenvalue weighted by atomic mass is 79.9. The molecule has 0 unspecified atom stereocenters. The first-order chi connectivity index (χ1) is 8.77. The van der Waals surface area contributed by atoms with Gasteiger partial charge in [-0.2, -0.15) is 0 Å². The van der Waals surface area contributed by atoms with Crippen LogP contribution in [0.4, 0.5) is 0 Å². The molecule has 0 aromatic heterocycles. The van der Waals surface area contributed by atoms with Crippen LogP contribution in [0, 0.1) is 0 Å². The van der Waals surface area contributed by atoms with Crippen LogP contribution < -0.4 is 15.2 Å². The Kier molecular flexibility index (Phi) is 4.60. The van der Waals surface area contributed by atoms with Crippen molar-refractivity contribution >= 4 is 22.2 Å². The molecule has 0 saturated heterocycles. The number of hydrogen-bond donors (Lipinski definition) is 1. The molecule has 5 heteroatoms. The molecule has 98 valence electrons. The van der Waals surface area contributed by atoms with Crippen molar-refractivity contribution in [2.75, 3.05) is 19.8 Å². The molecule has 1 aliphatic heterocycles. The second-order valence-corrected chi connectivity index (χ2v) is 5.00. The van der Waals surface area contributed by atoms with Crippen molar-refractivity contribution < 1.29 is 14.3 Å². The molecule has 18 heavy (non-hydrogen) atoms. The lowest BCUT2D eigenvalue weighted by Crippen LogP contribution is -2.18.